The van der Waals surface area contributed by atoms with Gasteiger partial charge in [0.25, 0.3) is 0 Å². The first-order valence-corrected chi connectivity index (χ1v) is 8.70. The molecule has 4 heteroatoms. The van der Waals surface area contributed by atoms with Gasteiger partial charge < -0.3 is 9.80 Å². The summed E-state index contributed by atoms with van der Waals surface area (Å²) in [7, 11) is 0. The summed E-state index contributed by atoms with van der Waals surface area (Å²) < 4.78 is 0. The molecule has 2 aliphatic heterocycles. The van der Waals surface area contributed by atoms with Gasteiger partial charge in [-0.15, -0.1) is 0 Å². The molecule has 3 nitrogen and oxygen atoms in total. The van der Waals surface area contributed by atoms with E-state index in [4.69, 9.17) is 11.6 Å². The Balaban J connectivity index is 1.45. The van der Waals surface area contributed by atoms with Crippen molar-refractivity contribution in [1.82, 2.24) is 9.88 Å². The SMILES string of the molecule is Clc1cccnc1N1CC[C@]2(CCCN(CC3CC3)C2)C1. The Morgan fingerprint density at radius 2 is 2.14 bits per heavy atom. The van der Waals surface area contributed by atoms with Gasteiger partial charge in [0.2, 0.25) is 0 Å². The molecule has 3 heterocycles. The van der Waals surface area contributed by atoms with Crippen LogP contribution in [-0.4, -0.2) is 42.6 Å². The van der Waals surface area contributed by atoms with Crippen LogP contribution in [0.25, 0.3) is 0 Å². The van der Waals surface area contributed by atoms with Crippen molar-refractivity contribution in [2.75, 3.05) is 37.6 Å². The number of aromatic nitrogens is 1. The summed E-state index contributed by atoms with van der Waals surface area (Å²) in [6.45, 7) is 6.16. The van der Waals surface area contributed by atoms with Crippen LogP contribution in [-0.2, 0) is 0 Å². The van der Waals surface area contributed by atoms with E-state index in [1.54, 1.807) is 0 Å². The second kappa shape index (κ2) is 5.44. The van der Waals surface area contributed by atoms with Crippen molar-refractivity contribution in [3.63, 3.8) is 0 Å². The van der Waals surface area contributed by atoms with Gasteiger partial charge in [0.15, 0.2) is 0 Å². The van der Waals surface area contributed by atoms with E-state index in [1.807, 2.05) is 18.3 Å². The Morgan fingerprint density at radius 3 is 2.95 bits per heavy atom. The summed E-state index contributed by atoms with van der Waals surface area (Å²) in [5, 5.41) is 0.792. The molecule has 0 unspecified atom stereocenters. The number of hydrogen-bond donors (Lipinski definition) is 0. The molecule has 0 radical (unpaired) electrons. The molecule has 1 aromatic rings. The fourth-order valence-electron chi connectivity index (χ4n) is 4.19. The lowest BCUT2D eigenvalue weighted by Crippen LogP contribution is -2.45. The van der Waals surface area contributed by atoms with Crippen molar-refractivity contribution in [2.24, 2.45) is 11.3 Å². The topological polar surface area (TPSA) is 19.4 Å². The van der Waals surface area contributed by atoms with Gasteiger partial charge in [-0.05, 0) is 56.7 Å². The minimum absolute atomic E-state index is 0.480. The zero-order valence-electron chi connectivity index (χ0n) is 12.6. The Bertz CT molecular complexity index is 517. The molecule has 3 aliphatic rings. The molecule has 4 rings (SSSR count). The highest BCUT2D eigenvalue weighted by Crippen LogP contribution is 2.42. The summed E-state index contributed by atoms with van der Waals surface area (Å²) >= 11 is 6.32. The van der Waals surface area contributed by atoms with Crippen LogP contribution < -0.4 is 4.90 Å². The molecular formula is C17H24ClN3. The number of rotatable bonds is 3. The maximum Gasteiger partial charge on any atom is 0.147 e. The zero-order chi connectivity index (χ0) is 14.3. The van der Waals surface area contributed by atoms with Gasteiger partial charge in [0.1, 0.15) is 5.82 Å². The Labute approximate surface area is 132 Å². The minimum atomic E-state index is 0.480. The predicted octanol–water partition coefficient (Wildman–Crippen LogP) is 3.44. The van der Waals surface area contributed by atoms with E-state index in [9.17, 15) is 0 Å². The van der Waals surface area contributed by atoms with E-state index in [0.717, 1.165) is 29.8 Å². The maximum absolute atomic E-state index is 6.32. The largest absolute Gasteiger partial charge is 0.355 e. The smallest absolute Gasteiger partial charge is 0.147 e. The summed E-state index contributed by atoms with van der Waals surface area (Å²) in [4.78, 5) is 9.63. The average molecular weight is 306 g/mol. The highest BCUT2D eigenvalue weighted by molar-refractivity contribution is 6.32. The highest BCUT2D eigenvalue weighted by Gasteiger charge is 2.42. The van der Waals surface area contributed by atoms with E-state index < -0.39 is 0 Å². The molecule has 1 atom stereocenters. The quantitative estimate of drug-likeness (QED) is 0.853. The Hall–Kier alpha value is -0.800. The van der Waals surface area contributed by atoms with Crippen LogP contribution >= 0.6 is 11.6 Å². The second-order valence-corrected chi connectivity index (χ2v) is 7.67. The lowest BCUT2D eigenvalue weighted by molar-refractivity contribution is 0.101. The third-order valence-electron chi connectivity index (χ3n) is 5.43. The van der Waals surface area contributed by atoms with Gasteiger partial charge in [0, 0.05) is 37.8 Å². The molecule has 1 aliphatic carbocycles. The monoisotopic (exact) mass is 305 g/mol. The van der Waals surface area contributed by atoms with Gasteiger partial charge in [-0.1, -0.05) is 11.6 Å². The number of nitrogens with zero attached hydrogens (tertiary/aromatic N) is 3. The third-order valence-corrected chi connectivity index (χ3v) is 5.73. The normalized spacial score (nSPS) is 30.2. The lowest BCUT2D eigenvalue weighted by Gasteiger charge is -2.40. The first-order chi connectivity index (χ1) is 10.2. The van der Waals surface area contributed by atoms with Crippen LogP contribution in [0.3, 0.4) is 0 Å². The van der Waals surface area contributed by atoms with Crippen molar-refractivity contribution in [1.29, 1.82) is 0 Å². The first kappa shape index (κ1) is 13.8. The Morgan fingerprint density at radius 1 is 1.24 bits per heavy atom. The number of anilines is 1. The molecule has 3 fully saturated rings. The molecule has 1 spiro atoms. The second-order valence-electron chi connectivity index (χ2n) is 7.26. The third kappa shape index (κ3) is 2.91. The van der Waals surface area contributed by atoms with Crippen LogP contribution in [0.1, 0.15) is 32.1 Å². The minimum Gasteiger partial charge on any atom is -0.355 e. The Kier molecular flexibility index (Phi) is 3.58. The van der Waals surface area contributed by atoms with Crippen molar-refractivity contribution in [3.05, 3.63) is 23.4 Å². The standard InChI is InChI=1S/C17H24ClN3/c18-15-3-1-8-19-16(15)21-10-7-17(13-21)6-2-9-20(12-17)11-14-4-5-14/h1,3,8,14H,2,4-7,9-13H2/t17-/m0/s1. The fraction of sp³-hybridized carbons (Fsp3) is 0.706. The van der Waals surface area contributed by atoms with E-state index in [-0.39, 0.29) is 0 Å². The number of likely N-dealkylation sites (tertiary alicyclic amines) is 1. The van der Waals surface area contributed by atoms with Gasteiger partial charge in [-0.2, -0.15) is 0 Å². The number of halogens is 1. The van der Waals surface area contributed by atoms with E-state index in [0.29, 0.717) is 5.41 Å². The summed E-state index contributed by atoms with van der Waals surface area (Å²) in [6.07, 6.45) is 8.79. The van der Waals surface area contributed by atoms with Crippen molar-refractivity contribution < 1.29 is 0 Å². The zero-order valence-corrected chi connectivity index (χ0v) is 13.4. The number of piperidine rings is 1. The van der Waals surface area contributed by atoms with E-state index >= 15 is 0 Å². The molecule has 114 valence electrons. The molecule has 0 N–H and O–H groups in total. The van der Waals surface area contributed by atoms with Crippen molar-refractivity contribution in [3.8, 4) is 0 Å². The van der Waals surface area contributed by atoms with E-state index in [1.165, 1.54) is 51.7 Å². The van der Waals surface area contributed by atoms with Crippen molar-refractivity contribution in [2.45, 2.75) is 32.1 Å². The predicted molar refractivity (Wildman–Crippen MR) is 86.9 cm³/mol. The fourth-order valence-corrected chi connectivity index (χ4v) is 4.43. The van der Waals surface area contributed by atoms with Gasteiger partial charge in [0.05, 0.1) is 5.02 Å². The molecule has 0 bridgehead atoms. The summed E-state index contributed by atoms with van der Waals surface area (Å²) in [5.41, 5.74) is 0.480. The molecular weight excluding hydrogens is 282 g/mol. The molecule has 0 amide bonds. The van der Waals surface area contributed by atoms with E-state index in [2.05, 4.69) is 14.8 Å². The van der Waals surface area contributed by atoms with Crippen LogP contribution in [0.15, 0.2) is 18.3 Å². The summed E-state index contributed by atoms with van der Waals surface area (Å²) in [6, 6.07) is 3.87. The molecule has 0 aromatic carbocycles. The summed E-state index contributed by atoms with van der Waals surface area (Å²) in [5.74, 6) is 1.98. The number of hydrogen-bond acceptors (Lipinski definition) is 3. The van der Waals surface area contributed by atoms with Crippen molar-refractivity contribution >= 4 is 17.4 Å². The molecule has 2 saturated heterocycles. The number of pyridine rings is 1. The molecule has 1 saturated carbocycles. The first-order valence-electron chi connectivity index (χ1n) is 8.32. The molecule has 21 heavy (non-hydrogen) atoms. The highest BCUT2D eigenvalue weighted by atomic mass is 35.5. The maximum atomic E-state index is 6.32. The van der Waals surface area contributed by atoms with Crippen LogP contribution in [0.5, 0.6) is 0 Å². The van der Waals surface area contributed by atoms with Gasteiger partial charge in [-0.25, -0.2) is 4.98 Å². The lowest BCUT2D eigenvalue weighted by atomic mass is 9.79. The van der Waals surface area contributed by atoms with Gasteiger partial charge in [-0.3, -0.25) is 0 Å². The van der Waals surface area contributed by atoms with Crippen LogP contribution in [0, 0.1) is 11.3 Å². The molecule has 1 aromatic heterocycles. The van der Waals surface area contributed by atoms with Crippen LogP contribution in [0.2, 0.25) is 5.02 Å². The average Bonchev–Trinajstić information content (AvgIpc) is 3.21. The van der Waals surface area contributed by atoms with Gasteiger partial charge >= 0.3 is 0 Å². The van der Waals surface area contributed by atoms with Crippen LogP contribution in [0.4, 0.5) is 5.82 Å².